The average Bonchev–Trinajstić information content (AvgIpc) is 2.72. The average molecular weight is 394 g/mol. The molecule has 0 radical (unpaired) electrons. The van der Waals surface area contributed by atoms with Gasteiger partial charge >= 0.3 is 5.97 Å². The number of carbonyl (C=O) groups excluding carboxylic acids is 1. The van der Waals surface area contributed by atoms with E-state index in [2.05, 4.69) is 5.32 Å². The molecular weight excluding hydrogens is 372 g/mol. The van der Waals surface area contributed by atoms with Crippen LogP contribution >= 0.6 is 0 Å². The summed E-state index contributed by atoms with van der Waals surface area (Å²) in [5.74, 6) is -2.38. The predicted octanol–water partition coefficient (Wildman–Crippen LogP) is 3.81. The number of hydrogen-bond acceptors (Lipinski definition) is 4. The third kappa shape index (κ3) is 4.03. The van der Waals surface area contributed by atoms with Crippen molar-refractivity contribution < 1.29 is 19.6 Å². The van der Waals surface area contributed by atoms with E-state index in [4.69, 9.17) is 0 Å². The molecule has 1 amide bonds. The lowest BCUT2D eigenvalue weighted by molar-refractivity contribution is -0.384. The summed E-state index contributed by atoms with van der Waals surface area (Å²) in [6.45, 7) is 2.12. The van der Waals surface area contributed by atoms with E-state index in [9.17, 15) is 24.8 Å². The highest BCUT2D eigenvalue weighted by Crippen LogP contribution is 2.47. The van der Waals surface area contributed by atoms with Gasteiger partial charge in [-0.3, -0.25) is 19.7 Å². The number of carbonyl (C=O) groups is 2. The second-order valence-electron chi connectivity index (χ2n) is 7.30. The number of non-ortho nitro benzene ring substituents is 1. The Morgan fingerprint density at radius 3 is 2.41 bits per heavy atom. The maximum atomic E-state index is 13.2. The molecule has 1 aliphatic rings. The molecule has 7 heteroatoms. The zero-order chi connectivity index (χ0) is 21.0. The summed E-state index contributed by atoms with van der Waals surface area (Å²) in [5.41, 5.74) is 0.702. The van der Waals surface area contributed by atoms with E-state index in [0.29, 0.717) is 12.0 Å². The molecule has 2 N–H and O–H groups in total. The minimum atomic E-state index is -1.68. The summed E-state index contributed by atoms with van der Waals surface area (Å²) < 4.78 is 0. The van der Waals surface area contributed by atoms with Crippen molar-refractivity contribution >= 4 is 17.6 Å². The topological polar surface area (TPSA) is 110 Å². The number of carboxylic acids is 1. The number of amides is 1. The highest BCUT2D eigenvalue weighted by Gasteiger charge is 2.53. The SMILES string of the molecule is CC1=CC[C@](C(=O)O)(C(=O)NCc2ccccc2)[C@@H](c2ccc([N+](=O)[O-])cc2)C1. The van der Waals surface area contributed by atoms with Gasteiger partial charge in [-0.05, 0) is 30.9 Å². The van der Waals surface area contributed by atoms with Gasteiger partial charge in [0.25, 0.3) is 5.69 Å². The highest BCUT2D eigenvalue weighted by atomic mass is 16.6. The summed E-state index contributed by atoms with van der Waals surface area (Å²) in [7, 11) is 0. The molecule has 0 saturated carbocycles. The van der Waals surface area contributed by atoms with Crippen LogP contribution in [0.2, 0.25) is 0 Å². The Labute approximate surface area is 168 Å². The maximum absolute atomic E-state index is 13.2. The fraction of sp³-hybridized carbons (Fsp3) is 0.273. The molecular formula is C22H22N2O5. The molecule has 0 unspecified atom stereocenters. The third-order valence-corrected chi connectivity index (χ3v) is 5.48. The largest absolute Gasteiger partial charge is 0.480 e. The van der Waals surface area contributed by atoms with E-state index in [0.717, 1.165) is 11.1 Å². The van der Waals surface area contributed by atoms with Gasteiger partial charge in [-0.25, -0.2) is 0 Å². The number of carboxylic acid groups (broad SMARTS) is 1. The molecule has 7 nitrogen and oxygen atoms in total. The van der Waals surface area contributed by atoms with Crippen LogP contribution in [-0.2, 0) is 16.1 Å². The van der Waals surface area contributed by atoms with Crippen molar-refractivity contribution in [1.29, 1.82) is 0 Å². The number of allylic oxidation sites excluding steroid dienone is 2. The number of nitrogens with one attached hydrogen (secondary N) is 1. The van der Waals surface area contributed by atoms with Crippen LogP contribution in [0.4, 0.5) is 5.69 Å². The Morgan fingerprint density at radius 2 is 1.83 bits per heavy atom. The molecule has 0 aromatic heterocycles. The van der Waals surface area contributed by atoms with Gasteiger partial charge in [-0.2, -0.15) is 0 Å². The van der Waals surface area contributed by atoms with Crippen LogP contribution < -0.4 is 5.32 Å². The fourth-order valence-electron chi connectivity index (χ4n) is 3.81. The first-order chi connectivity index (χ1) is 13.8. The smallest absolute Gasteiger partial charge is 0.320 e. The van der Waals surface area contributed by atoms with Crippen molar-refractivity contribution in [3.63, 3.8) is 0 Å². The molecule has 29 heavy (non-hydrogen) atoms. The number of hydrogen-bond donors (Lipinski definition) is 2. The summed E-state index contributed by atoms with van der Waals surface area (Å²) in [5, 5.41) is 23.8. The van der Waals surface area contributed by atoms with E-state index >= 15 is 0 Å². The second-order valence-corrected chi connectivity index (χ2v) is 7.30. The minimum Gasteiger partial charge on any atom is -0.480 e. The standard InChI is InChI=1S/C22H22N2O5/c1-15-11-12-22(21(26)27,20(25)23-14-16-5-3-2-4-6-16)19(13-15)17-7-9-18(10-8-17)24(28)29/h2-11,19H,12-14H2,1H3,(H,23,25)(H,26,27)/t19-,22-/m1/s1. The van der Waals surface area contributed by atoms with Crippen molar-refractivity contribution in [1.82, 2.24) is 5.32 Å². The first-order valence-corrected chi connectivity index (χ1v) is 9.30. The van der Waals surface area contributed by atoms with Crippen LogP contribution in [0.25, 0.3) is 0 Å². The molecule has 0 aliphatic heterocycles. The first-order valence-electron chi connectivity index (χ1n) is 9.30. The molecule has 0 heterocycles. The Kier molecular flexibility index (Phi) is 5.77. The van der Waals surface area contributed by atoms with Gasteiger partial charge in [-0.1, -0.05) is 54.1 Å². The van der Waals surface area contributed by atoms with Crippen molar-refractivity contribution in [3.05, 3.63) is 87.5 Å². The van der Waals surface area contributed by atoms with Crippen LogP contribution in [-0.4, -0.2) is 21.9 Å². The van der Waals surface area contributed by atoms with Gasteiger partial charge in [0.2, 0.25) is 5.91 Å². The van der Waals surface area contributed by atoms with Gasteiger partial charge in [-0.15, -0.1) is 0 Å². The van der Waals surface area contributed by atoms with E-state index in [-0.39, 0.29) is 18.7 Å². The Hall–Kier alpha value is -3.48. The zero-order valence-electron chi connectivity index (χ0n) is 16.0. The number of nitrogens with zero attached hydrogens (tertiary/aromatic N) is 1. The van der Waals surface area contributed by atoms with Crippen LogP contribution in [0.5, 0.6) is 0 Å². The maximum Gasteiger partial charge on any atom is 0.320 e. The quantitative estimate of drug-likeness (QED) is 0.335. The highest BCUT2D eigenvalue weighted by molar-refractivity contribution is 6.03. The van der Waals surface area contributed by atoms with Gasteiger partial charge in [0, 0.05) is 24.6 Å². The molecule has 2 aromatic rings. The Balaban J connectivity index is 1.95. The number of benzene rings is 2. The molecule has 2 aromatic carbocycles. The summed E-state index contributed by atoms with van der Waals surface area (Å²) >= 11 is 0. The minimum absolute atomic E-state index is 0.0659. The van der Waals surface area contributed by atoms with Gasteiger partial charge < -0.3 is 10.4 Å². The molecule has 1 aliphatic carbocycles. The normalized spacial score (nSPS) is 21.1. The van der Waals surface area contributed by atoms with Crippen molar-refractivity contribution in [3.8, 4) is 0 Å². The molecule has 0 fully saturated rings. The van der Waals surface area contributed by atoms with Gasteiger partial charge in [0.1, 0.15) is 0 Å². The molecule has 0 saturated heterocycles. The predicted molar refractivity (Wildman–Crippen MR) is 107 cm³/mol. The molecule has 150 valence electrons. The van der Waals surface area contributed by atoms with Crippen LogP contribution in [0.15, 0.2) is 66.2 Å². The van der Waals surface area contributed by atoms with Crippen molar-refractivity contribution in [2.24, 2.45) is 5.41 Å². The fourth-order valence-corrected chi connectivity index (χ4v) is 3.81. The number of aliphatic carboxylic acids is 1. The first kappa shape index (κ1) is 20.3. The van der Waals surface area contributed by atoms with Crippen molar-refractivity contribution in [2.75, 3.05) is 0 Å². The lowest BCUT2D eigenvalue weighted by atomic mass is 9.63. The van der Waals surface area contributed by atoms with E-state index in [1.54, 1.807) is 18.2 Å². The summed E-state index contributed by atoms with van der Waals surface area (Å²) in [4.78, 5) is 36.0. The monoisotopic (exact) mass is 394 g/mol. The summed E-state index contributed by atoms with van der Waals surface area (Å²) in [6, 6.07) is 15.0. The Bertz CT molecular complexity index is 953. The van der Waals surface area contributed by atoms with E-state index < -0.39 is 28.1 Å². The molecule has 0 spiro atoms. The van der Waals surface area contributed by atoms with Gasteiger partial charge in [0.05, 0.1) is 4.92 Å². The summed E-state index contributed by atoms with van der Waals surface area (Å²) in [6.07, 6.45) is 2.25. The second kappa shape index (κ2) is 8.26. The zero-order valence-corrected chi connectivity index (χ0v) is 16.0. The van der Waals surface area contributed by atoms with Crippen LogP contribution in [0, 0.1) is 15.5 Å². The van der Waals surface area contributed by atoms with Crippen LogP contribution in [0.1, 0.15) is 36.8 Å². The van der Waals surface area contributed by atoms with Gasteiger partial charge in [0.15, 0.2) is 5.41 Å². The molecule has 2 atom stereocenters. The number of nitro groups is 1. The lowest BCUT2D eigenvalue weighted by Gasteiger charge is -2.38. The van der Waals surface area contributed by atoms with Crippen LogP contribution in [0.3, 0.4) is 0 Å². The number of nitro benzene ring substituents is 1. The molecule has 3 rings (SSSR count). The lowest BCUT2D eigenvalue weighted by Crippen LogP contribution is -2.51. The number of rotatable bonds is 6. The van der Waals surface area contributed by atoms with E-state index in [1.165, 1.54) is 12.1 Å². The third-order valence-electron chi connectivity index (χ3n) is 5.48. The van der Waals surface area contributed by atoms with Crippen molar-refractivity contribution in [2.45, 2.75) is 32.2 Å². The molecule has 0 bridgehead atoms. The Morgan fingerprint density at radius 1 is 1.17 bits per heavy atom. The van der Waals surface area contributed by atoms with E-state index in [1.807, 2.05) is 37.3 Å².